The molecule has 0 radical (unpaired) electrons. The molecule has 8 nitrogen and oxygen atoms in total. The molecule has 3 heterocycles. The van der Waals surface area contributed by atoms with Gasteiger partial charge in [-0.25, -0.2) is 9.97 Å². The monoisotopic (exact) mass is 397 g/mol. The predicted octanol–water partition coefficient (Wildman–Crippen LogP) is 2.74. The van der Waals surface area contributed by atoms with Crippen molar-refractivity contribution in [1.82, 2.24) is 29.9 Å². The van der Waals surface area contributed by atoms with E-state index in [1.165, 1.54) is 4.80 Å². The lowest BCUT2D eigenvalue weighted by atomic mass is 10.0. The van der Waals surface area contributed by atoms with Crippen molar-refractivity contribution in [2.24, 2.45) is 0 Å². The van der Waals surface area contributed by atoms with E-state index in [1.807, 2.05) is 30.0 Å². The number of carbonyl (C=O) groups is 1. The average Bonchev–Trinajstić information content (AvgIpc) is 3.24. The average molecular weight is 398 g/mol. The summed E-state index contributed by atoms with van der Waals surface area (Å²) >= 11 is 5.84. The Morgan fingerprint density at radius 1 is 1.21 bits per heavy atom. The molecule has 1 aliphatic heterocycles. The number of anilines is 1. The highest BCUT2D eigenvalue weighted by Gasteiger charge is 2.27. The van der Waals surface area contributed by atoms with Crippen LogP contribution in [0.15, 0.2) is 43.0 Å². The summed E-state index contributed by atoms with van der Waals surface area (Å²) in [5.41, 5.74) is 2.32. The van der Waals surface area contributed by atoms with E-state index in [-0.39, 0.29) is 11.9 Å². The molecule has 2 aromatic heterocycles. The van der Waals surface area contributed by atoms with Gasteiger partial charge in [0.15, 0.2) is 0 Å². The van der Waals surface area contributed by atoms with Crippen LogP contribution >= 0.6 is 11.6 Å². The minimum absolute atomic E-state index is 0.0316. The molecular weight excluding hydrogens is 378 g/mol. The summed E-state index contributed by atoms with van der Waals surface area (Å²) in [6, 6.07) is 5.78. The van der Waals surface area contributed by atoms with E-state index in [9.17, 15) is 4.79 Å². The first-order valence-corrected chi connectivity index (χ1v) is 9.48. The van der Waals surface area contributed by atoms with E-state index >= 15 is 0 Å². The van der Waals surface area contributed by atoms with Crippen molar-refractivity contribution in [2.75, 3.05) is 18.4 Å². The number of hydrogen-bond donors (Lipinski definition) is 1. The Kier molecular flexibility index (Phi) is 5.21. The maximum absolute atomic E-state index is 13.3. The minimum atomic E-state index is -0.0316. The van der Waals surface area contributed by atoms with Crippen LogP contribution in [0.2, 0.25) is 5.02 Å². The number of piperidine rings is 1. The molecule has 0 bridgehead atoms. The Hall–Kier alpha value is -3.00. The van der Waals surface area contributed by atoms with E-state index in [0.29, 0.717) is 35.3 Å². The number of nitrogens with zero attached hydrogens (tertiary/aromatic N) is 6. The summed E-state index contributed by atoms with van der Waals surface area (Å²) in [7, 11) is 0. The van der Waals surface area contributed by atoms with Gasteiger partial charge >= 0.3 is 0 Å². The van der Waals surface area contributed by atoms with Gasteiger partial charge in [0.25, 0.3) is 5.91 Å². The molecule has 1 atom stereocenters. The summed E-state index contributed by atoms with van der Waals surface area (Å²) < 4.78 is 0. The molecule has 1 aliphatic rings. The SMILES string of the molecule is Cc1ccc(C(=O)N2CCCC(Nc3ncc(Cl)cn3)C2)c(-n2nccn2)c1. The summed E-state index contributed by atoms with van der Waals surface area (Å²) in [4.78, 5) is 25.0. The third-order valence-electron chi connectivity index (χ3n) is 4.68. The molecule has 1 saturated heterocycles. The Bertz CT molecular complexity index is 959. The highest BCUT2D eigenvalue weighted by molar-refractivity contribution is 6.30. The smallest absolute Gasteiger partial charge is 0.256 e. The number of benzene rings is 1. The molecule has 1 amide bonds. The van der Waals surface area contributed by atoms with Gasteiger partial charge in [0, 0.05) is 19.1 Å². The van der Waals surface area contributed by atoms with Crippen molar-refractivity contribution in [3.05, 3.63) is 59.1 Å². The fraction of sp³-hybridized carbons (Fsp3) is 0.316. The van der Waals surface area contributed by atoms with Gasteiger partial charge in [-0.1, -0.05) is 17.7 Å². The molecule has 1 unspecified atom stereocenters. The van der Waals surface area contributed by atoms with E-state index in [0.717, 1.165) is 18.4 Å². The maximum Gasteiger partial charge on any atom is 0.256 e. The van der Waals surface area contributed by atoms with E-state index in [4.69, 9.17) is 11.6 Å². The van der Waals surface area contributed by atoms with Crippen molar-refractivity contribution in [3.8, 4) is 5.69 Å². The van der Waals surface area contributed by atoms with Crippen LogP contribution in [0.1, 0.15) is 28.8 Å². The van der Waals surface area contributed by atoms with Gasteiger partial charge in [-0.3, -0.25) is 4.79 Å². The molecule has 144 valence electrons. The number of carbonyl (C=O) groups excluding carboxylic acids is 1. The normalized spacial score (nSPS) is 16.8. The molecule has 28 heavy (non-hydrogen) atoms. The number of aromatic nitrogens is 5. The Morgan fingerprint density at radius 3 is 2.71 bits per heavy atom. The standard InChI is InChI=1S/C19H20ClN7O/c1-13-4-5-16(17(9-13)27-23-6-7-24-27)18(28)26-8-2-3-15(12-26)25-19-21-10-14(20)11-22-19/h4-7,9-11,15H,2-3,8,12H2,1H3,(H,21,22,25). The lowest BCUT2D eigenvalue weighted by Crippen LogP contribution is -2.45. The number of rotatable bonds is 4. The van der Waals surface area contributed by atoms with Gasteiger partial charge in [0.05, 0.1) is 41.1 Å². The zero-order chi connectivity index (χ0) is 19.5. The van der Waals surface area contributed by atoms with Crippen LogP contribution in [0.25, 0.3) is 5.69 Å². The largest absolute Gasteiger partial charge is 0.350 e. The van der Waals surface area contributed by atoms with E-state index < -0.39 is 0 Å². The molecule has 3 aromatic rings. The zero-order valence-corrected chi connectivity index (χ0v) is 16.2. The number of aryl methyl sites for hydroxylation is 1. The number of nitrogens with one attached hydrogen (secondary N) is 1. The second kappa shape index (κ2) is 7.93. The molecule has 9 heteroatoms. The van der Waals surface area contributed by atoms with Crippen LogP contribution in [0.3, 0.4) is 0 Å². The Morgan fingerprint density at radius 2 is 1.96 bits per heavy atom. The topological polar surface area (TPSA) is 88.8 Å². The zero-order valence-electron chi connectivity index (χ0n) is 15.4. The van der Waals surface area contributed by atoms with Crippen LogP contribution < -0.4 is 5.32 Å². The van der Waals surface area contributed by atoms with Crippen molar-refractivity contribution in [3.63, 3.8) is 0 Å². The van der Waals surface area contributed by atoms with Gasteiger partial charge in [-0.15, -0.1) is 0 Å². The number of hydrogen-bond acceptors (Lipinski definition) is 6. The summed E-state index contributed by atoms with van der Waals surface area (Å²) in [5, 5.41) is 12.2. The van der Waals surface area contributed by atoms with Crippen LogP contribution in [0.4, 0.5) is 5.95 Å². The maximum atomic E-state index is 13.3. The summed E-state index contributed by atoms with van der Waals surface area (Å²) in [6.07, 6.45) is 8.15. The summed E-state index contributed by atoms with van der Waals surface area (Å²) in [6.45, 7) is 3.26. The first kappa shape index (κ1) is 18.4. The third kappa shape index (κ3) is 3.96. The molecule has 0 aliphatic carbocycles. The second-order valence-electron chi connectivity index (χ2n) is 6.80. The van der Waals surface area contributed by atoms with Crippen LogP contribution in [0, 0.1) is 6.92 Å². The van der Waals surface area contributed by atoms with Crippen LogP contribution in [-0.4, -0.2) is 54.9 Å². The number of likely N-dealkylation sites (tertiary alicyclic amines) is 1. The molecule has 0 spiro atoms. The number of halogens is 1. The molecule has 1 N–H and O–H groups in total. The highest BCUT2D eigenvalue weighted by Crippen LogP contribution is 2.21. The van der Waals surface area contributed by atoms with Crippen molar-refractivity contribution < 1.29 is 4.79 Å². The fourth-order valence-corrected chi connectivity index (χ4v) is 3.44. The Labute approximate surface area is 167 Å². The van der Waals surface area contributed by atoms with Gasteiger partial charge in [-0.05, 0) is 37.5 Å². The van der Waals surface area contributed by atoms with Gasteiger partial charge in [0.2, 0.25) is 5.95 Å². The molecule has 1 fully saturated rings. The van der Waals surface area contributed by atoms with Gasteiger partial charge in [-0.2, -0.15) is 15.0 Å². The number of amides is 1. The fourth-order valence-electron chi connectivity index (χ4n) is 3.35. The minimum Gasteiger partial charge on any atom is -0.350 e. The molecule has 1 aromatic carbocycles. The second-order valence-corrected chi connectivity index (χ2v) is 7.24. The predicted molar refractivity (Wildman–Crippen MR) is 106 cm³/mol. The van der Waals surface area contributed by atoms with Crippen LogP contribution in [0.5, 0.6) is 0 Å². The molecule has 4 rings (SSSR count). The Balaban J connectivity index is 1.53. The quantitative estimate of drug-likeness (QED) is 0.728. The lowest BCUT2D eigenvalue weighted by Gasteiger charge is -2.33. The first-order valence-electron chi connectivity index (χ1n) is 9.11. The lowest BCUT2D eigenvalue weighted by molar-refractivity contribution is 0.0714. The molecule has 0 saturated carbocycles. The first-order chi connectivity index (χ1) is 13.6. The molecular formula is C19H20ClN7O. The van der Waals surface area contributed by atoms with E-state index in [1.54, 1.807) is 24.8 Å². The van der Waals surface area contributed by atoms with Crippen molar-refractivity contribution >= 4 is 23.5 Å². The third-order valence-corrected chi connectivity index (χ3v) is 4.88. The summed E-state index contributed by atoms with van der Waals surface area (Å²) in [5.74, 6) is 0.483. The van der Waals surface area contributed by atoms with Gasteiger partial charge < -0.3 is 10.2 Å². The van der Waals surface area contributed by atoms with Crippen molar-refractivity contribution in [1.29, 1.82) is 0 Å². The van der Waals surface area contributed by atoms with Crippen molar-refractivity contribution in [2.45, 2.75) is 25.8 Å². The van der Waals surface area contributed by atoms with E-state index in [2.05, 4.69) is 25.5 Å². The van der Waals surface area contributed by atoms with Crippen LogP contribution in [-0.2, 0) is 0 Å². The van der Waals surface area contributed by atoms with Gasteiger partial charge in [0.1, 0.15) is 0 Å². The highest BCUT2D eigenvalue weighted by atomic mass is 35.5.